The summed E-state index contributed by atoms with van der Waals surface area (Å²) in [5.74, 6) is 1.03. The Balaban J connectivity index is 1.29. The average Bonchev–Trinajstić information content (AvgIpc) is 3.28. The second-order valence-electron chi connectivity index (χ2n) is 8.32. The third kappa shape index (κ3) is 4.24. The molecule has 5 rings (SSSR count). The fourth-order valence-electron chi connectivity index (χ4n) is 4.53. The molecule has 0 radical (unpaired) electrons. The van der Waals surface area contributed by atoms with Gasteiger partial charge in [-0.15, -0.1) is 0 Å². The lowest BCUT2D eigenvalue weighted by atomic mass is 9.92. The topological polar surface area (TPSA) is 102 Å². The van der Waals surface area contributed by atoms with Crippen LogP contribution in [0.15, 0.2) is 46.2 Å². The summed E-state index contributed by atoms with van der Waals surface area (Å²) < 4.78 is 33.6. The molecule has 9 heteroatoms. The van der Waals surface area contributed by atoms with E-state index in [2.05, 4.69) is 20.1 Å². The van der Waals surface area contributed by atoms with Crippen LogP contribution in [0.25, 0.3) is 11.5 Å². The van der Waals surface area contributed by atoms with Gasteiger partial charge >= 0.3 is 0 Å². The van der Waals surface area contributed by atoms with Crippen molar-refractivity contribution in [2.24, 2.45) is 5.92 Å². The van der Waals surface area contributed by atoms with E-state index in [1.165, 1.54) is 17.5 Å². The SMILES string of the molecule is O=S(=O)(c1ccc2c(c1)CCCC2)N1CCC[C@@H](Cc2nc(-c3cnccn3)no2)C1. The number of aromatic nitrogens is 4. The smallest absolute Gasteiger partial charge is 0.243 e. The Morgan fingerprint density at radius 1 is 1.10 bits per heavy atom. The summed E-state index contributed by atoms with van der Waals surface area (Å²) in [5.41, 5.74) is 3.03. The van der Waals surface area contributed by atoms with E-state index in [0.29, 0.717) is 41.8 Å². The molecule has 0 bridgehead atoms. The number of rotatable bonds is 5. The van der Waals surface area contributed by atoms with Gasteiger partial charge in [0.1, 0.15) is 5.69 Å². The number of nitrogens with zero attached hydrogens (tertiary/aromatic N) is 5. The van der Waals surface area contributed by atoms with Crippen molar-refractivity contribution in [3.63, 3.8) is 0 Å². The molecule has 3 aromatic rings. The molecule has 1 aliphatic heterocycles. The van der Waals surface area contributed by atoms with Crippen LogP contribution in [-0.2, 0) is 29.3 Å². The summed E-state index contributed by atoms with van der Waals surface area (Å²) in [7, 11) is -3.51. The van der Waals surface area contributed by atoms with Gasteiger partial charge in [-0.05, 0) is 67.7 Å². The first-order chi connectivity index (χ1) is 15.1. The van der Waals surface area contributed by atoms with Crippen LogP contribution in [0.2, 0.25) is 0 Å². The minimum Gasteiger partial charge on any atom is -0.339 e. The maximum Gasteiger partial charge on any atom is 0.243 e. The lowest BCUT2D eigenvalue weighted by molar-refractivity contribution is 0.247. The van der Waals surface area contributed by atoms with Crippen molar-refractivity contribution >= 4 is 10.0 Å². The van der Waals surface area contributed by atoms with E-state index in [0.717, 1.165) is 32.1 Å². The lowest BCUT2D eigenvalue weighted by Crippen LogP contribution is -2.40. The summed E-state index contributed by atoms with van der Waals surface area (Å²) in [6.07, 6.45) is 11.4. The molecule has 1 saturated heterocycles. The van der Waals surface area contributed by atoms with Crippen molar-refractivity contribution in [3.8, 4) is 11.5 Å². The van der Waals surface area contributed by atoms with Crippen LogP contribution >= 0.6 is 0 Å². The minimum atomic E-state index is -3.51. The van der Waals surface area contributed by atoms with Gasteiger partial charge in [0.05, 0.1) is 11.1 Å². The number of hydrogen-bond acceptors (Lipinski definition) is 7. The molecule has 162 valence electrons. The molecule has 1 fully saturated rings. The zero-order chi connectivity index (χ0) is 21.3. The largest absolute Gasteiger partial charge is 0.339 e. The van der Waals surface area contributed by atoms with Gasteiger partial charge in [-0.3, -0.25) is 4.98 Å². The van der Waals surface area contributed by atoms with Crippen molar-refractivity contribution in [2.45, 2.75) is 49.8 Å². The summed E-state index contributed by atoms with van der Waals surface area (Å²) in [6, 6.07) is 5.65. The van der Waals surface area contributed by atoms with Gasteiger partial charge in [0.15, 0.2) is 0 Å². The molecule has 0 spiro atoms. The highest BCUT2D eigenvalue weighted by molar-refractivity contribution is 7.89. The quantitative estimate of drug-likeness (QED) is 0.602. The van der Waals surface area contributed by atoms with E-state index in [1.807, 2.05) is 12.1 Å². The van der Waals surface area contributed by atoms with E-state index in [9.17, 15) is 8.42 Å². The van der Waals surface area contributed by atoms with E-state index in [-0.39, 0.29) is 5.92 Å². The molecule has 3 heterocycles. The molecule has 1 aliphatic carbocycles. The summed E-state index contributed by atoms with van der Waals surface area (Å²) >= 11 is 0. The number of fused-ring (bicyclic) bond motifs is 1. The van der Waals surface area contributed by atoms with E-state index >= 15 is 0 Å². The van der Waals surface area contributed by atoms with Crippen LogP contribution in [0.3, 0.4) is 0 Å². The molecular formula is C22H25N5O3S. The van der Waals surface area contributed by atoms with Gasteiger partial charge in [-0.2, -0.15) is 9.29 Å². The van der Waals surface area contributed by atoms with Crippen molar-refractivity contribution < 1.29 is 12.9 Å². The fourth-order valence-corrected chi connectivity index (χ4v) is 6.14. The zero-order valence-corrected chi connectivity index (χ0v) is 18.1. The second-order valence-corrected chi connectivity index (χ2v) is 10.3. The second kappa shape index (κ2) is 8.47. The van der Waals surface area contributed by atoms with E-state index in [1.54, 1.807) is 29.0 Å². The molecule has 0 saturated carbocycles. The lowest BCUT2D eigenvalue weighted by Gasteiger charge is -2.31. The van der Waals surface area contributed by atoms with E-state index < -0.39 is 10.0 Å². The van der Waals surface area contributed by atoms with Gasteiger partial charge in [0, 0.05) is 31.9 Å². The van der Waals surface area contributed by atoms with Gasteiger partial charge in [0.2, 0.25) is 21.7 Å². The molecular weight excluding hydrogens is 414 g/mol. The standard InChI is InChI=1S/C22H25N5O3S/c28-31(29,19-8-7-17-5-1-2-6-18(17)13-19)27-11-3-4-16(15-27)12-21-25-22(26-30-21)20-14-23-9-10-24-20/h7-10,13-14,16H,1-6,11-12,15H2/t16-/m0/s1. The van der Waals surface area contributed by atoms with Gasteiger partial charge < -0.3 is 4.52 Å². The van der Waals surface area contributed by atoms with Crippen molar-refractivity contribution in [3.05, 3.63) is 53.8 Å². The molecule has 31 heavy (non-hydrogen) atoms. The molecule has 0 amide bonds. The third-order valence-electron chi connectivity index (χ3n) is 6.16. The predicted molar refractivity (Wildman–Crippen MR) is 114 cm³/mol. The highest BCUT2D eigenvalue weighted by Crippen LogP contribution is 2.29. The van der Waals surface area contributed by atoms with Crippen molar-refractivity contribution in [1.29, 1.82) is 0 Å². The van der Waals surface area contributed by atoms with Gasteiger partial charge in [-0.1, -0.05) is 11.2 Å². The normalized spacial score (nSPS) is 19.8. The molecule has 0 N–H and O–H groups in total. The molecule has 2 aliphatic rings. The first-order valence-electron chi connectivity index (χ1n) is 10.8. The third-order valence-corrected chi connectivity index (χ3v) is 8.02. The van der Waals surface area contributed by atoms with Crippen LogP contribution in [0.4, 0.5) is 0 Å². The zero-order valence-electron chi connectivity index (χ0n) is 17.3. The average molecular weight is 440 g/mol. The maximum atomic E-state index is 13.3. The van der Waals surface area contributed by atoms with Crippen molar-refractivity contribution in [1.82, 2.24) is 24.4 Å². The van der Waals surface area contributed by atoms with Crippen LogP contribution in [-0.4, -0.2) is 45.9 Å². The Morgan fingerprint density at radius 2 is 1.97 bits per heavy atom. The molecule has 8 nitrogen and oxygen atoms in total. The molecule has 0 unspecified atom stereocenters. The number of sulfonamides is 1. The minimum absolute atomic E-state index is 0.135. The molecule has 1 atom stereocenters. The molecule has 2 aromatic heterocycles. The number of aryl methyl sites for hydroxylation is 2. The first-order valence-corrected chi connectivity index (χ1v) is 12.2. The highest BCUT2D eigenvalue weighted by Gasteiger charge is 2.31. The van der Waals surface area contributed by atoms with E-state index in [4.69, 9.17) is 4.52 Å². The predicted octanol–water partition coefficient (Wildman–Crippen LogP) is 3.05. The highest BCUT2D eigenvalue weighted by atomic mass is 32.2. The van der Waals surface area contributed by atoms with Gasteiger partial charge in [0.25, 0.3) is 0 Å². The maximum absolute atomic E-state index is 13.3. The van der Waals surface area contributed by atoms with Crippen LogP contribution in [0.5, 0.6) is 0 Å². The summed E-state index contributed by atoms with van der Waals surface area (Å²) in [6.45, 7) is 1.01. The Labute approximate surface area is 181 Å². The molecule has 1 aromatic carbocycles. The Kier molecular flexibility index (Phi) is 5.54. The first kappa shape index (κ1) is 20.3. The Bertz CT molecular complexity index is 1160. The van der Waals surface area contributed by atoms with Gasteiger partial charge in [-0.25, -0.2) is 13.4 Å². The number of piperidine rings is 1. The van der Waals surface area contributed by atoms with Crippen LogP contribution < -0.4 is 0 Å². The number of hydrogen-bond donors (Lipinski definition) is 0. The number of benzene rings is 1. The summed E-state index contributed by atoms with van der Waals surface area (Å²) in [5, 5.41) is 3.99. The Morgan fingerprint density at radius 3 is 2.81 bits per heavy atom. The summed E-state index contributed by atoms with van der Waals surface area (Å²) in [4.78, 5) is 13.0. The Hall–Kier alpha value is -2.65. The monoisotopic (exact) mass is 439 g/mol. The van der Waals surface area contributed by atoms with Crippen LogP contribution in [0, 0.1) is 5.92 Å². The van der Waals surface area contributed by atoms with Crippen LogP contribution in [0.1, 0.15) is 42.7 Å². The van der Waals surface area contributed by atoms with Crippen molar-refractivity contribution in [2.75, 3.05) is 13.1 Å². The fraction of sp³-hybridized carbons (Fsp3) is 0.455.